The highest BCUT2D eigenvalue weighted by atomic mass is 127. The summed E-state index contributed by atoms with van der Waals surface area (Å²) in [5.74, 6) is 5.44. The minimum atomic E-state index is -4.41. The van der Waals surface area contributed by atoms with Crippen LogP contribution in [-0.2, 0) is 11.0 Å². The maximum Gasteiger partial charge on any atom is 0.416 e. The number of rotatable bonds is 5. The standard InChI is InChI=1S/C26H25F3INO2/c1-17(2)3-12-23(19-6-10-22(30)11-7-19)31-14-13-18(16-25(32)33)15-24(31)20-4-8-21(9-5-20)26(27,28)29/h4-11,18,23-24H,1,13-16H2,2H3,(H,32,33)/t18-,23-,24+/m1/s1. The minimum Gasteiger partial charge on any atom is -0.481 e. The van der Waals surface area contributed by atoms with Crippen molar-refractivity contribution in [1.29, 1.82) is 0 Å². The number of carboxylic acid groups (broad SMARTS) is 1. The van der Waals surface area contributed by atoms with Crippen LogP contribution in [0.15, 0.2) is 60.7 Å². The molecule has 0 amide bonds. The molecule has 3 atom stereocenters. The molecule has 1 N–H and O–H groups in total. The first-order chi connectivity index (χ1) is 15.5. The topological polar surface area (TPSA) is 40.5 Å². The summed E-state index contributed by atoms with van der Waals surface area (Å²) in [5, 5.41) is 9.30. The number of benzene rings is 2. The lowest BCUT2D eigenvalue weighted by molar-refractivity contribution is -0.139. The summed E-state index contributed by atoms with van der Waals surface area (Å²) >= 11 is 2.23. The van der Waals surface area contributed by atoms with E-state index in [1.165, 1.54) is 12.1 Å². The number of likely N-dealkylation sites (tertiary alicyclic amines) is 1. The molecule has 0 bridgehead atoms. The van der Waals surface area contributed by atoms with Crippen molar-refractivity contribution in [3.05, 3.63) is 80.9 Å². The molecule has 1 heterocycles. The highest BCUT2D eigenvalue weighted by Crippen LogP contribution is 2.41. The Kier molecular flexibility index (Phi) is 8.24. The molecule has 1 fully saturated rings. The first kappa shape index (κ1) is 25.3. The second-order valence-corrected chi connectivity index (χ2v) is 9.61. The highest BCUT2D eigenvalue weighted by molar-refractivity contribution is 14.1. The Hall–Kier alpha value is -2.31. The van der Waals surface area contributed by atoms with Gasteiger partial charge in [0.1, 0.15) is 0 Å². The average molecular weight is 567 g/mol. The predicted molar refractivity (Wildman–Crippen MR) is 130 cm³/mol. The van der Waals surface area contributed by atoms with Gasteiger partial charge in [-0.05, 0) is 89.2 Å². The van der Waals surface area contributed by atoms with Gasteiger partial charge in [0.05, 0.1) is 11.6 Å². The molecule has 0 aromatic heterocycles. The number of piperidine rings is 1. The highest BCUT2D eigenvalue weighted by Gasteiger charge is 2.36. The first-order valence-electron chi connectivity index (χ1n) is 10.6. The van der Waals surface area contributed by atoms with Crippen LogP contribution in [0.3, 0.4) is 0 Å². The van der Waals surface area contributed by atoms with Crippen LogP contribution >= 0.6 is 22.6 Å². The lowest BCUT2D eigenvalue weighted by Gasteiger charge is -2.42. The summed E-state index contributed by atoms with van der Waals surface area (Å²) in [6.45, 7) is 6.28. The summed E-state index contributed by atoms with van der Waals surface area (Å²) < 4.78 is 40.4. The molecule has 0 saturated carbocycles. The van der Waals surface area contributed by atoms with Gasteiger partial charge >= 0.3 is 12.1 Å². The molecular formula is C26H25F3INO2. The summed E-state index contributed by atoms with van der Waals surface area (Å²) in [5.41, 5.74) is 1.73. The van der Waals surface area contributed by atoms with Gasteiger partial charge in [0.15, 0.2) is 0 Å². The molecule has 0 unspecified atom stereocenters. The van der Waals surface area contributed by atoms with Crippen LogP contribution in [0.2, 0.25) is 0 Å². The summed E-state index contributed by atoms with van der Waals surface area (Å²) in [6.07, 6.45) is -3.16. The van der Waals surface area contributed by atoms with Crippen molar-refractivity contribution in [3.63, 3.8) is 0 Å². The number of carboxylic acids is 1. The average Bonchev–Trinajstić information content (AvgIpc) is 2.74. The molecule has 33 heavy (non-hydrogen) atoms. The van der Waals surface area contributed by atoms with Crippen molar-refractivity contribution in [3.8, 4) is 11.8 Å². The predicted octanol–water partition coefficient (Wildman–Crippen LogP) is 6.86. The van der Waals surface area contributed by atoms with Gasteiger partial charge in [-0.1, -0.05) is 42.7 Å². The molecule has 1 aliphatic heterocycles. The number of alkyl halides is 3. The Morgan fingerprint density at radius 3 is 2.39 bits per heavy atom. The van der Waals surface area contributed by atoms with Crippen molar-refractivity contribution in [2.24, 2.45) is 5.92 Å². The molecule has 174 valence electrons. The number of halogens is 4. The zero-order valence-electron chi connectivity index (χ0n) is 18.2. The second-order valence-electron chi connectivity index (χ2n) is 8.37. The fourth-order valence-electron chi connectivity index (χ4n) is 4.21. The second kappa shape index (κ2) is 10.7. The van der Waals surface area contributed by atoms with E-state index in [4.69, 9.17) is 0 Å². The fourth-order valence-corrected chi connectivity index (χ4v) is 4.57. The van der Waals surface area contributed by atoms with Gasteiger partial charge in [-0.3, -0.25) is 9.69 Å². The number of aliphatic carboxylic acids is 1. The maximum atomic E-state index is 13.1. The number of nitrogens with zero attached hydrogens (tertiary/aromatic N) is 1. The van der Waals surface area contributed by atoms with Gasteiger partial charge < -0.3 is 5.11 Å². The lowest BCUT2D eigenvalue weighted by atomic mass is 9.83. The molecule has 1 saturated heterocycles. The lowest BCUT2D eigenvalue weighted by Crippen LogP contribution is -2.39. The number of hydrogen-bond donors (Lipinski definition) is 1. The van der Waals surface area contributed by atoms with E-state index in [-0.39, 0.29) is 24.4 Å². The van der Waals surface area contributed by atoms with E-state index in [1.807, 2.05) is 31.2 Å². The van der Waals surface area contributed by atoms with Crippen LogP contribution in [-0.4, -0.2) is 22.5 Å². The molecule has 0 radical (unpaired) electrons. The Morgan fingerprint density at radius 2 is 1.85 bits per heavy atom. The van der Waals surface area contributed by atoms with Crippen LogP contribution in [0.1, 0.15) is 55.0 Å². The third-order valence-electron chi connectivity index (χ3n) is 5.78. The maximum absolute atomic E-state index is 13.1. The van der Waals surface area contributed by atoms with Crippen molar-refractivity contribution in [2.45, 2.75) is 44.4 Å². The number of carbonyl (C=O) groups is 1. The van der Waals surface area contributed by atoms with E-state index >= 15 is 0 Å². The molecule has 0 aliphatic carbocycles. The Balaban J connectivity index is 2.02. The summed E-state index contributed by atoms with van der Waals surface area (Å²) in [6, 6.07) is 12.6. The smallest absolute Gasteiger partial charge is 0.416 e. The molecule has 3 nitrogen and oxygen atoms in total. The zero-order valence-corrected chi connectivity index (χ0v) is 20.4. The SMILES string of the molecule is C=C(C)C#C[C@H](c1ccc(I)cc1)N1CC[C@@H](CC(=O)O)C[C@H]1c1ccc(C(F)(F)F)cc1. The summed E-state index contributed by atoms with van der Waals surface area (Å²) in [4.78, 5) is 13.5. The van der Waals surface area contributed by atoms with Crippen LogP contribution in [0.4, 0.5) is 13.2 Å². The van der Waals surface area contributed by atoms with E-state index < -0.39 is 17.7 Å². The zero-order chi connectivity index (χ0) is 24.2. The van der Waals surface area contributed by atoms with Gasteiger partial charge in [-0.2, -0.15) is 13.2 Å². The van der Waals surface area contributed by atoms with Crippen LogP contribution < -0.4 is 0 Å². The molecule has 1 aliphatic rings. The largest absolute Gasteiger partial charge is 0.481 e. The summed E-state index contributed by atoms with van der Waals surface area (Å²) in [7, 11) is 0. The molecule has 2 aromatic rings. The van der Waals surface area contributed by atoms with E-state index in [9.17, 15) is 23.1 Å². The monoisotopic (exact) mass is 567 g/mol. The van der Waals surface area contributed by atoms with Gasteiger partial charge in [-0.25, -0.2) is 0 Å². The molecule has 2 aromatic carbocycles. The van der Waals surface area contributed by atoms with Crippen LogP contribution in [0.5, 0.6) is 0 Å². The van der Waals surface area contributed by atoms with Crippen molar-refractivity contribution in [2.75, 3.05) is 6.54 Å². The van der Waals surface area contributed by atoms with Crippen molar-refractivity contribution < 1.29 is 23.1 Å². The molecule has 0 spiro atoms. The van der Waals surface area contributed by atoms with Gasteiger partial charge in [-0.15, -0.1) is 0 Å². The van der Waals surface area contributed by atoms with E-state index in [0.29, 0.717) is 19.4 Å². The van der Waals surface area contributed by atoms with E-state index in [0.717, 1.165) is 32.4 Å². The Morgan fingerprint density at radius 1 is 1.21 bits per heavy atom. The number of allylic oxidation sites excluding steroid dienone is 1. The number of hydrogen-bond acceptors (Lipinski definition) is 2. The van der Waals surface area contributed by atoms with Crippen LogP contribution in [0, 0.1) is 21.3 Å². The van der Waals surface area contributed by atoms with E-state index in [2.05, 4.69) is 45.9 Å². The van der Waals surface area contributed by atoms with E-state index in [1.54, 1.807) is 0 Å². The fraction of sp³-hybridized carbons (Fsp3) is 0.346. The molecule has 7 heteroatoms. The molecular weight excluding hydrogens is 542 g/mol. The van der Waals surface area contributed by atoms with Crippen molar-refractivity contribution >= 4 is 28.6 Å². The third-order valence-corrected chi connectivity index (χ3v) is 6.50. The first-order valence-corrected chi connectivity index (χ1v) is 11.7. The molecule has 3 rings (SSSR count). The normalized spacial score (nSPS) is 19.9. The van der Waals surface area contributed by atoms with Gasteiger partial charge in [0.2, 0.25) is 0 Å². The van der Waals surface area contributed by atoms with Crippen molar-refractivity contribution in [1.82, 2.24) is 4.90 Å². The minimum absolute atomic E-state index is 0.0383. The quantitative estimate of drug-likeness (QED) is 0.317. The van der Waals surface area contributed by atoms with Gasteiger partial charge in [0.25, 0.3) is 0 Å². The Bertz CT molecular complexity index is 1050. The Labute approximate surface area is 205 Å². The van der Waals surface area contributed by atoms with Crippen LogP contribution in [0.25, 0.3) is 0 Å². The third kappa shape index (κ3) is 6.84. The van der Waals surface area contributed by atoms with Gasteiger partial charge in [0, 0.05) is 22.6 Å².